The van der Waals surface area contributed by atoms with Crippen LogP contribution in [0.15, 0.2) is 0 Å². The maximum atomic E-state index is 10.6. The average molecular weight is 224 g/mol. The molecular formula is C4H2Cl4O2. The highest BCUT2D eigenvalue weighted by molar-refractivity contribution is 6.77. The number of carbonyl (C=O) groups is 2. The standard InChI is InChI=1S/C4H2Cl4O2/c5-3(10)1-2(9)4(6,7)8/h1H2. The van der Waals surface area contributed by atoms with Crippen LogP contribution in [0.2, 0.25) is 0 Å². The maximum absolute atomic E-state index is 10.6. The van der Waals surface area contributed by atoms with Gasteiger partial charge < -0.3 is 0 Å². The molecule has 6 heteroatoms. The summed E-state index contributed by atoms with van der Waals surface area (Å²) in [6, 6.07) is 0. The Balaban J connectivity index is 3.99. The van der Waals surface area contributed by atoms with Crippen LogP contribution in [0.4, 0.5) is 0 Å². The van der Waals surface area contributed by atoms with E-state index < -0.39 is 21.2 Å². The second kappa shape index (κ2) is 3.77. The Morgan fingerprint density at radius 2 is 1.60 bits per heavy atom. The molecule has 0 aromatic carbocycles. The van der Waals surface area contributed by atoms with Gasteiger partial charge in [-0.05, 0) is 11.6 Å². The highest BCUT2D eigenvalue weighted by Gasteiger charge is 2.31. The predicted octanol–water partition coefficient (Wildman–Crippen LogP) is 2.08. The van der Waals surface area contributed by atoms with Gasteiger partial charge in [0, 0.05) is 0 Å². The van der Waals surface area contributed by atoms with Gasteiger partial charge in [0.05, 0.1) is 6.42 Å². The van der Waals surface area contributed by atoms with Crippen molar-refractivity contribution in [3.63, 3.8) is 0 Å². The highest BCUT2D eigenvalue weighted by Crippen LogP contribution is 2.28. The summed E-state index contributed by atoms with van der Waals surface area (Å²) < 4.78 is -2.04. The predicted molar refractivity (Wildman–Crippen MR) is 40.8 cm³/mol. The highest BCUT2D eigenvalue weighted by atomic mass is 35.6. The summed E-state index contributed by atoms with van der Waals surface area (Å²) in [5.74, 6) is -0.822. The smallest absolute Gasteiger partial charge is 0.249 e. The Morgan fingerprint density at radius 3 is 1.70 bits per heavy atom. The molecule has 0 saturated carbocycles. The van der Waals surface area contributed by atoms with Gasteiger partial charge in [-0.3, -0.25) is 9.59 Å². The molecule has 0 aromatic rings. The molecule has 0 radical (unpaired) electrons. The summed E-state index contributed by atoms with van der Waals surface area (Å²) in [5.41, 5.74) is 0. The van der Waals surface area contributed by atoms with E-state index in [0.717, 1.165) is 0 Å². The summed E-state index contributed by atoms with van der Waals surface area (Å²) in [4.78, 5) is 20.6. The second-order valence-electron chi connectivity index (χ2n) is 1.45. The van der Waals surface area contributed by atoms with Crippen LogP contribution >= 0.6 is 46.4 Å². The third-order valence-electron chi connectivity index (χ3n) is 0.616. The third kappa shape index (κ3) is 4.34. The van der Waals surface area contributed by atoms with Crippen molar-refractivity contribution in [1.82, 2.24) is 0 Å². The molecule has 0 bridgehead atoms. The number of Topliss-reactive ketones (excluding diaryl/α,β-unsaturated/α-hetero) is 1. The lowest BCUT2D eigenvalue weighted by molar-refractivity contribution is -0.122. The van der Waals surface area contributed by atoms with Crippen LogP contribution < -0.4 is 0 Å². The number of hydrogen-bond acceptors (Lipinski definition) is 2. The van der Waals surface area contributed by atoms with Gasteiger partial charge in [0.1, 0.15) is 0 Å². The van der Waals surface area contributed by atoms with Crippen LogP contribution in [-0.4, -0.2) is 14.8 Å². The van der Waals surface area contributed by atoms with Crippen molar-refractivity contribution in [3.8, 4) is 0 Å². The molecular weight excluding hydrogens is 222 g/mol. The van der Waals surface area contributed by atoms with Crippen LogP contribution in [0.5, 0.6) is 0 Å². The van der Waals surface area contributed by atoms with Gasteiger partial charge in [-0.25, -0.2) is 0 Å². The van der Waals surface area contributed by atoms with E-state index in [2.05, 4.69) is 0 Å². The SMILES string of the molecule is O=C(Cl)CC(=O)C(Cl)(Cl)Cl. The van der Waals surface area contributed by atoms with Crippen LogP contribution in [0, 0.1) is 0 Å². The van der Waals surface area contributed by atoms with Gasteiger partial charge in [-0.1, -0.05) is 34.8 Å². The van der Waals surface area contributed by atoms with Gasteiger partial charge in [0.25, 0.3) is 0 Å². The van der Waals surface area contributed by atoms with Crippen molar-refractivity contribution in [2.24, 2.45) is 0 Å². The minimum absolute atomic E-state index is 0.557. The van der Waals surface area contributed by atoms with Crippen molar-refractivity contribution in [3.05, 3.63) is 0 Å². The Hall–Kier alpha value is 0.500. The summed E-state index contributed by atoms with van der Waals surface area (Å²) in [5, 5.41) is -0.837. The number of ketones is 1. The monoisotopic (exact) mass is 222 g/mol. The summed E-state index contributed by atoms with van der Waals surface area (Å²) in [7, 11) is 0. The Kier molecular flexibility index (Phi) is 3.95. The zero-order valence-electron chi connectivity index (χ0n) is 4.54. The lowest BCUT2D eigenvalue weighted by atomic mass is 10.3. The first-order valence-corrected chi connectivity index (χ1v) is 3.63. The molecule has 0 aliphatic carbocycles. The van der Waals surface area contributed by atoms with E-state index in [9.17, 15) is 9.59 Å². The number of hydrogen-bond donors (Lipinski definition) is 0. The molecule has 0 unspecified atom stereocenters. The van der Waals surface area contributed by atoms with E-state index in [1.165, 1.54) is 0 Å². The van der Waals surface area contributed by atoms with E-state index in [1.807, 2.05) is 0 Å². The molecule has 0 atom stereocenters. The van der Waals surface area contributed by atoms with E-state index in [0.29, 0.717) is 0 Å². The molecule has 0 aromatic heterocycles. The van der Waals surface area contributed by atoms with E-state index in [1.54, 1.807) is 0 Å². The molecule has 0 aliphatic heterocycles. The van der Waals surface area contributed by atoms with Crippen LogP contribution in [0.1, 0.15) is 6.42 Å². The zero-order valence-corrected chi connectivity index (χ0v) is 7.56. The summed E-state index contributed by atoms with van der Waals surface area (Å²) >= 11 is 20.1. The fourth-order valence-corrected chi connectivity index (χ4v) is 0.548. The van der Waals surface area contributed by atoms with Gasteiger partial charge in [0.2, 0.25) is 9.03 Å². The van der Waals surface area contributed by atoms with Crippen molar-refractivity contribution in [2.75, 3.05) is 0 Å². The first-order chi connectivity index (χ1) is 4.34. The average Bonchev–Trinajstić information content (AvgIpc) is 1.60. The Morgan fingerprint density at radius 1 is 1.20 bits per heavy atom. The second-order valence-corrected chi connectivity index (χ2v) is 4.16. The molecule has 0 N–H and O–H groups in total. The summed E-state index contributed by atoms with van der Waals surface area (Å²) in [6.45, 7) is 0. The first-order valence-electron chi connectivity index (χ1n) is 2.12. The maximum Gasteiger partial charge on any atom is 0.249 e. The van der Waals surface area contributed by atoms with Gasteiger partial charge in [-0.2, -0.15) is 0 Å². The van der Waals surface area contributed by atoms with E-state index in [4.69, 9.17) is 46.4 Å². The summed E-state index contributed by atoms with van der Waals surface area (Å²) in [6.07, 6.45) is -0.557. The lowest BCUT2D eigenvalue weighted by Gasteiger charge is -2.05. The molecule has 58 valence electrons. The minimum atomic E-state index is -2.04. The first kappa shape index (κ1) is 10.5. The third-order valence-corrected chi connectivity index (χ3v) is 1.38. The van der Waals surface area contributed by atoms with Crippen molar-refractivity contribution >= 4 is 57.4 Å². The van der Waals surface area contributed by atoms with Crippen molar-refractivity contribution in [2.45, 2.75) is 10.2 Å². The molecule has 0 fully saturated rings. The van der Waals surface area contributed by atoms with Crippen molar-refractivity contribution < 1.29 is 9.59 Å². The van der Waals surface area contributed by atoms with Crippen LogP contribution in [0.25, 0.3) is 0 Å². The molecule has 0 amide bonds. The fraction of sp³-hybridized carbons (Fsp3) is 0.500. The van der Waals surface area contributed by atoms with E-state index >= 15 is 0 Å². The molecule has 10 heavy (non-hydrogen) atoms. The number of rotatable bonds is 2. The molecule has 0 heterocycles. The van der Waals surface area contributed by atoms with Gasteiger partial charge in [-0.15, -0.1) is 0 Å². The molecule has 0 rings (SSSR count). The largest absolute Gasteiger partial charge is 0.294 e. The van der Waals surface area contributed by atoms with Crippen LogP contribution in [-0.2, 0) is 9.59 Å². The normalized spacial score (nSPS) is 11.2. The quantitative estimate of drug-likeness (QED) is 0.408. The van der Waals surface area contributed by atoms with Crippen molar-refractivity contribution in [1.29, 1.82) is 0 Å². The molecule has 0 aliphatic rings. The number of alkyl halides is 3. The Labute approximate surface area is 77.4 Å². The zero-order chi connectivity index (χ0) is 8.36. The topological polar surface area (TPSA) is 34.1 Å². The molecule has 2 nitrogen and oxygen atoms in total. The molecule has 0 saturated heterocycles. The van der Waals surface area contributed by atoms with Crippen LogP contribution in [0.3, 0.4) is 0 Å². The minimum Gasteiger partial charge on any atom is -0.294 e. The fourth-order valence-electron chi connectivity index (χ4n) is 0.226. The van der Waals surface area contributed by atoms with Gasteiger partial charge in [0.15, 0.2) is 5.78 Å². The Bertz CT molecular complexity index is 159. The van der Waals surface area contributed by atoms with E-state index in [-0.39, 0.29) is 0 Å². The van der Waals surface area contributed by atoms with Gasteiger partial charge >= 0.3 is 0 Å². The number of halogens is 4. The lowest BCUT2D eigenvalue weighted by Crippen LogP contribution is -2.20. The molecule has 0 spiro atoms. The number of carbonyl (C=O) groups excluding carboxylic acids is 2.